The number of hydrogen-bond acceptors (Lipinski definition) is 8. The SMILES string of the molecule is COc1cccc(-c2ccc(=O)n(CC(=O)NCCOc3cc(N4CCCCC4)ncn3)n2)c1. The van der Waals surface area contributed by atoms with Gasteiger partial charge in [0.1, 0.15) is 31.0 Å². The van der Waals surface area contributed by atoms with Crippen molar-refractivity contribution < 1.29 is 14.3 Å². The Morgan fingerprint density at radius 2 is 1.94 bits per heavy atom. The topological polar surface area (TPSA) is 111 Å². The first-order valence-electron chi connectivity index (χ1n) is 11.3. The van der Waals surface area contributed by atoms with Crippen molar-refractivity contribution in [2.75, 3.05) is 38.3 Å². The molecule has 3 heterocycles. The van der Waals surface area contributed by atoms with Crippen molar-refractivity contribution in [2.24, 2.45) is 0 Å². The number of ether oxygens (including phenoxy) is 2. The van der Waals surface area contributed by atoms with E-state index in [4.69, 9.17) is 9.47 Å². The van der Waals surface area contributed by atoms with Crippen LogP contribution < -0.4 is 25.2 Å². The minimum absolute atomic E-state index is 0.191. The van der Waals surface area contributed by atoms with Gasteiger partial charge in [0.25, 0.3) is 5.56 Å². The van der Waals surface area contributed by atoms with Crippen LogP contribution in [0.15, 0.2) is 53.6 Å². The molecular weight excluding hydrogens is 436 g/mol. The Kier molecular flexibility index (Phi) is 7.69. The van der Waals surface area contributed by atoms with Gasteiger partial charge in [0.15, 0.2) is 0 Å². The van der Waals surface area contributed by atoms with Gasteiger partial charge < -0.3 is 19.7 Å². The molecule has 0 atom stereocenters. The second-order valence-electron chi connectivity index (χ2n) is 7.91. The zero-order valence-electron chi connectivity index (χ0n) is 19.1. The Bertz CT molecular complexity index is 1180. The van der Waals surface area contributed by atoms with Crippen molar-refractivity contribution in [1.82, 2.24) is 25.1 Å². The number of benzene rings is 1. The molecule has 1 aromatic carbocycles. The average Bonchev–Trinajstić information content (AvgIpc) is 2.88. The van der Waals surface area contributed by atoms with E-state index in [1.165, 1.54) is 18.8 Å². The standard InChI is InChI=1S/C24H28N6O4/c1-33-19-7-5-6-18(14-19)20-8-9-24(32)30(28-20)16-22(31)25-10-13-34-23-15-21(26-17-27-23)29-11-3-2-4-12-29/h5-9,14-15,17H,2-4,10-13,16H2,1H3,(H,25,31). The van der Waals surface area contributed by atoms with E-state index in [0.717, 1.165) is 42.0 Å². The van der Waals surface area contributed by atoms with Gasteiger partial charge in [0.2, 0.25) is 11.8 Å². The highest BCUT2D eigenvalue weighted by Crippen LogP contribution is 2.21. The summed E-state index contributed by atoms with van der Waals surface area (Å²) in [6, 6.07) is 12.2. The van der Waals surface area contributed by atoms with Crippen LogP contribution in [0.4, 0.5) is 5.82 Å². The largest absolute Gasteiger partial charge is 0.497 e. The number of anilines is 1. The second kappa shape index (κ2) is 11.3. The maximum Gasteiger partial charge on any atom is 0.267 e. The Balaban J connectivity index is 1.28. The monoisotopic (exact) mass is 464 g/mol. The minimum atomic E-state index is -0.357. The zero-order chi connectivity index (χ0) is 23.8. The summed E-state index contributed by atoms with van der Waals surface area (Å²) in [6.45, 7) is 2.29. The third-order valence-corrected chi connectivity index (χ3v) is 5.51. The van der Waals surface area contributed by atoms with Crippen LogP contribution in [0.2, 0.25) is 0 Å². The molecule has 2 aromatic heterocycles. The molecule has 1 aliphatic heterocycles. The van der Waals surface area contributed by atoms with Crippen LogP contribution >= 0.6 is 0 Å². The number of carbonyl (C=O) groups is 1. The normalized spacial score (nSPS) is 13.4. The van der Waals surface area contributed by atoms with Crippen LogP contribution in [-0.4, -0.2) is 59.0 Å². The number of amides is 1. The molecule has 0 spiro atoms. The summed E-state index contributed by atoms with van der Waals surface area (Å²) >= 11 is 0. The molecule has 1 fully saturated rings. The summed E-state index contributed by atoms with van der Waals surface area (Å²) < 4.78 is 12.0. The predicted molar refractivity (Wildman–Crippen MR) is 127 cm³/mol. The zero-order valence-corrected chi connectivity index (χ0v) is 19.1. The molecule has 10 heteroatoms. The fourth-order valence-electron chi connectivity index (χ4n) is 3.74. The van der Waals surface area contributed by atoms with Crippen molar-refractivity contribution >= 4 is 11.7 Å². The lowest BCUT2D eigenvalue weighted by atomic mass is 10.1. The fraction of sp³-hybridized carbons (Fsp3) is 0.375. The smallest absolute Gasteiger partial charge is 0.267 e. The van der Waals surface area contributed by atoms with Gasteiger partial charge in [-0.1, -0.05) is 12.1 Å². The number of nitrogens with one attached hydrogen (secondary N) is 1. The van der Waals surface area contributed by atoms with Gasteiger partial charge in [0.05, 0.1) is 19.3 Å². The van der Waals surface area contributed by atoms with Gasteiger partial charge in [-0.25, -0.2) is 14.6 Å². The van der Waals surface area contributed by atoms with Crippen LogP contribution in [-0.2, 0) is 11.3 Å². The van der Waals surface area contributed by atoms with E-state index in [-0.39, 0.29) is 31.2 Å². The van der Waals surface area contributed by atoms with Gasteiger partial charge in [-0.2, -0.15) is 5.10 Å². The molecule has 1 saturated heterocycles. The molecule has 0 bridgehead atoms. The molecule has 0 radical (unpaired) electrons. The number of piperidine rings is 1. The quantitative estimate of drug-likeness (QED) is 0.478. The minimum Gasteiger partial charge on any atom is -0.497 e. The third kappa shape index (κ3) is 6.09. The van der Waals surface area contributed by atoms with Crippen molar-refractivity contribution in [2.45, 2.75) is 25.8 Å². The summed E-state index contributed by atoms with van der Waals surface area (Å²) in [4.78, 5) is 35.3. The first-order chi connectivity index (χ1) is 16.6. The first-order valence-corrected chi connectivity index (χ1v) is 11.3. The van der Waals surface area contributed by atoms with Gasteiger partial charge in [0, 0.05) is 30.8 Å². The highest BCUT2D eigenvalue weighted by atomic mass is 16.5. The predicted octanol–water partition coefficient (Wildman–Crippen LogP) is 1.89. The molecule has 10 nitrogen and oxygen atoms in total. The van der Waals surface area contributed by atoms with Gasteiger partial charge in [-0.05, 0) is 37.5 Å². The van der Waals surface area contributed by atoms with Gasteiger partial charge in [-0.3, -0.25) is 9.59 Å². The molecule has 4 rings (SSSR count). The summed E-state index contributed by atoms with van der Waals surface area (Å²) in [5.41, 5.74) is 1.00. The molecule has 0 unspecified atom stereocenters. The number of aromatic nitrogens is 4. The lowest BCUT2D eigenvalue weighted by molar-refractivity contribution is -0.122. The Morgan fingerprint density at radius 1 is 1.09 bits per heavy atom. The van der Waals surface area contributed by atoms with Crippen molar-refractivity contribution in [1.29, 1.82) is 0 Å². The maximum atomic E-state index is 12.4. The van der Waals surface area contributed by atoms with E-state index in [1.54, 1.807) is 13.2 Å². The third-order valence-electron chi connectivity index (χ3n) is 5.51. The number of rotatable bonds is 9. The van der Waals surface area contributed by atoms with E-state index in [1.807, 2.05) is 30.3 Å². The molecule has 1 aliphatic rings. The molecule has 34 heavy (non-hydrogen) atoms. The Morgan fingerprint density at radius 3 is 2.76 bits per heavy atom. The average molecular weight is 465 g/mol. The van der Waals surface area contributed by atoms with E-state index in [9.17, 15) is 9.59 Å². The van der Waals surface area contributed by atoms with Crippen LogP contribution in [0, 0.1) is 0 Å². The van der Waals surface area contributed by atoms with E-state index >= 15 is 0 Å². The molecule has 1 amide bonds. The highest BCUT2D eigenvalue weighted by molar-refractivity contribution is 5.75. The summed E-state index contributed by atoms with van der Waals surface area (Å²) in [5.74, 6) is 1.67. The summed E-state index contributed by atoms with van der Waals surface area (Å²) in [5, 5.41) is 7.07. The highest BCUT2D eigenvalue weighted by Gasteiger charge is 2.13. The number of methoxy groups -OCH3 is 1. The molecular formula is C24H28N6O4. The van der Waals surface area contributed by atoms with Crippen molar-refractivity contribution in [3.05, 3.63) is 59.1 Å². The second-order valence-corrected chi connectivity index (χ2v) is 7.91. The van der Waals surface area contributed by atoms with Crippen LogP contribution in [0.25, 0.3) is 11.3 Å². The van der Waals surface area contributed by atoms with E-state index in [2.05, 4.69) is 25.3 Å². The van der Waals surface area contributed by atoms with Gasteiger partial charge in [-0.15, -0.1) is 0 Å². The lowest BCUT2D eigenvalue weighted by Crippen LogP contribution is -2.35. The maximum absolute atomic E-state index is 12.4. The molecule has 0 aliphatic carbocycles. The summed E-state index contributed by atoms with van der Waals surface area (Å²) in [6.07, 6.45) is 5.06. The van der Waals surface area contributed by atoms with Crippen molar-refractivity contribution in [3.8, 4) is 22.9 Å². The molecule has 1 N–H and O–H groups in total. The molecule has 178 valence electrons. The number of hydrogen-bond donors (Lipinski definition) is 1. The van der Waals surface area contributed by atoms with Crippen LogP contribution in [0.5, 0.6) is 11.6 Å². The van der Waals surface area contributed by atoms with Crippen LogP contribution in [0.1, 0.15) is 19.3 Å². The summed E-state index contributed by atoms with van der Waals surface area (Å²) in [7, 11) is 1.58. The number of carbonyl (C=O) groups excluding carboxylic acids is 1. The molecule has 0 saturated carbocycles. The van der Waals surface area contributed by atoms with Gasteiger partial charge >= 0.3 is 0 Å². The van der Waals surface area contributed by atoms with E-state index in [0.29, 0.717) is 17.3 Å². The number of nitrogens with zero attached hydrogens (tertiary/aromatic N) is 5. The Labute approximate surface area is 197 Å². The fourth-order valence-corrected chi connectivity index (χ4v) is 3.74. The Hall–Kier alpha value is -3.95. The van der Waals surface area contributed by atoms with Crippen LogP contribution in [0.3, 0.4) is 0 Å². The molecule has 3 aromatic rings. The van der Waals surface area contributed by atoms with Crippen molar-refractivity contribution in [3.63, 3.8) is 0 Å². The van der Waals surface area contributed by atoms with E-state index < -0.39 is 0 Å². The lowest BCUT2D eigenvalue weighted by Gasteiger charge is -2.27. The first kappa shape index (κ1) is 23.2.